The second kappa shape index (κ2) is 6.57. The number of ether oxygens (including phenoxy) is 1. The van der Waals surface area contributed by atoms with Gasteiger partial charge in [0.1, 0.15) is 12.2 Å². The third-order valence-corrected chi connectivity index (χ3v) is 7.21. The number of fused-ring (bicyclic) bond motifs is 2. The molecule has 2 aliphatic heterocycles. The highest BCUT2D eigenvalue weighted by atomic mass is 16.5. The average molecular weight is 420 g/mol. The number of carbonyl (C=O) groups is 2. The molecule has 7 heteroatoms. The van der Waals surface area contributed by atoms with E-state index in [4.69, 9.17) is 4.74 Å². The number of benzene rings is 1. The molecular formula is C24H24N2O5. The lowest BCUT2D eigenvalue weighted by Crippen LogP contribution is -2.56. The molecule has 1 saturated carbocycles. The van der Waals surface area contributed by atoms with Crippen LogP contribution in [0.25, 0.3) is 0 Å². The molecule has 1 N–H and O–H groups in total. The Morgan fingerprint density at radius 3 is 2.65 bits per heavy atom. The van der Waals surface area contributed by atoms with Crippen molar-refractivity contribution >= 4 is 11.9 Å². The molecule has 2 atom stereocenters. The lowest BCUT2D eigenvalue weighted by molar-refractivity contribution is 0.0490. The second-order valence-corrected chi connectivity index (χ2v) is 9.07. The molecule has 1 aromatic carbocycles. The summed E-state index contributed by atoms with van der Waals surface area (Å²) >= 11 is 0. The van der Waals surface area contributed by atoms with Crippen LogP contribution in [-0.4, -0.2) is 38.5 Å². The molecule has 160 valence electrons. The van der Waals surface area contributed by atoms with Gasteiger partial charge in [-0.1, -0.05) is 43.8 Å². The first-order valence-corrected chi connectivity index (χ1v) is 10.5. The second-order valence-electron chi connectivity index (χ2n) is 9.07. The van der Waals surface area contributed by atoms with E-state index in [2.05, 4.69) is 13.5 Å². The topological polar surface area (TPSA) is 88.8 Å². The van der Waals surface area contributed by atoms with Crippen molar-refractivity contribution in [2.45, 2.75) is 44.9 Å². The van der Waals surface area contributed by atoms with Gasteiger partial charge in [0.25, 0.3) is 5.91 Å². The predicted octanol–water partition coefficient (Wildman–Crippen LogP) is 3.08. The number of rotatable bonds is 4. The number of amides is 1. The number of aromatic carboxylic acids is 1. The molecule has 2 fully saturated rings. The van der Waals surface area contributed by atoms with Gasteiger partial charge in [-0.25, -0.2) is 4.79 Å². The Balaban J connectivity index is 1.65. The van der Waals surface area contributed by atoms with E-state index in [1.54, 1.807) is 4.57 Å². The van der Waals surface area contributed by atoms with Crippen LogP contribution in [0.2, 0.25) is 0 Å². The maximum Gasteiger partial charge on any atom is 0.341 e. The summed E-state index contributed by atoms with van der Waals surface area (Å²) in [7, 11) is 0. The molecule has 1 saturated heterocycles. The number of hydrogen-bond acceptors (Lipinski definition) is 4. The highest BCUT2D eigenvalue weighted by Gasteiger charge is 2.60. The molecule has 1 aliphatic carbocycles. The third kappa shape index (κ3) is 2.69. The van der Waals surface area contributed by atoms with Crippen molar-refractivity contribution in [3.8, 4) is 5.75 Å². The monoisotopic (exact) mass is 420 g/mol. The van der Waals surface area contributed by atoms with E-state index >= 15 is 0 Å². The van der Waals surface area contributed by atoms with Crippen LogP contribution in [0.3, 0.4) is 0 Å². The van der Waals surface area contributed by atoms with Crippen LogP contribution in [0.15, 0.2) is 53.5 Å². The van der Waals surface area contributed by atoms with E-state index in [0.717, 1.165) is 30.4 Å². The van der Waals surface area contributed by atoms with Gasteiger partial charge in [-0.15, -0.1) is 0 Å². The van der Waals surface area contributed by atoms with Gasteiger partial charge in [0, 0.05) is 18.2 Å². The molecule has 2 unspecified atom stereocenters. The number of hydrogen-bond donors (Lipinski definition) is 1. The summed E-state index contributed by atoms with van der Waals surface area (Å²) in [5, 5.41) is 9.62. The zero-order valence-corrected chi connectivity index (χ0v) is 17.4. The molecule has 2 aromatic rings. The van der Waals surface area contributed by atoms with Gasteiger partial charge in [0.2, 0.25) is 5.43 Å². The van der Waals surface area contributed by atoms with E-state index in [0.29, 0.717) is 13.1 Å². The number of carboxylic acids is 1. The molecule has 3 heterocycles. The first kappa shape index (κ1) is 19.6. The van der Waals surface area contributed by atoms with E-state index in [9.17, 15) is 19.5 Å². The van der Waals surface area contributed by atoms with Crippen molar-refractivity contribution in [3.63, 3.8) is 0 Å². The zero-order valence-electron chi connectivity index (χ0n) is 17.4. The Morgan fingerprint density at radius 1 is 1.19 bits per heavy atom. The Bertz CT molecular complexity index is 1180. The van der Waals surface area contributed by atoms with E-state index in [-0.39, 0.29) is 29.4 Å². The first-order chi connectivity index (χ1) is 14.8. The Hall–Kier alpha value is -3.35. The molecule has 1 amide bonds. The molecule has 2 bridgehead atoms. The van der Waals surface area contributed by atoms with Gasteiger partial charge in [0.15, 0.2) is 11.4 Å². The highest BCUT2D eigenvalue weighted by Crippen LogP contribution is 2.57. The van der Waals surface area contributed by atoms with Crippen LogP contribution in [0.1, 0.15) is 52.6 Å². The quantitative estimate of drug-likeness (QED) is 0.768. The smallest absolute Gasteiger partial charge is 0.341 e. The normalized spacial score (nSPS) is 26.4. The zero-order chi connectivity index (χ0) is 22.0. The van der Waals surface area contributed by atoms with Crippen LogP contribution in [0.5, 0.6) is 5.75 Å². The molecule has 1 spiro atoms. The van der Waals surface area contributed by atoms with Gasteiger partial charge in [0.05, 0.1) is 12.1 Å². The van der Waals surface area contributed by atoms with Gasteiger partial charge >= 0.3 is 5.97 Å². The SMILES string of the molecule is C=C1C2(C)CCCC13Cn1cc(C(=O)O)c(=O)c(OCc4ccccc4)c1C(=O)N3C2. The van der Waals surface area contributed by atoms with Crippen molar-refractivity contribution < 1.29 is 19.4 Å². The van der Waals surface area contributed by atoms with Gasteiger partial charge in [-0.05, 0) is 30.4 Å². The number of pyridine rings is 1. The molecule has 5 rings (SSSR count). The summed E-state index contributed by atoms with van der Waals surface area (Å²) in [5.41, 5.74) is 0.0841. The third-order valence-electron chi connectivity index (χ3n) is 7.21. The molecule has 7 nitrogen and oxygen atoms in total. The minimum absolute atomic E-state index is 0.0645. The lowest BCUT2D eigenvalue weighted by Gasteiger charge is -2.46. The van der Waals surface area contributed by atoms with Crippen molar-refractivity contribution in [3.05, 3.63) is 75.7 Å². The summed E-state index contributed by atoms with van der Waals surface area (Å²) in [5.74, 6) is -1.83. The maximum atomic E-state index is 13.7. The summed E-state index contributed by atoms with van der Waals surface area (Å²) < 4.78 is 7.43. The maximum absolute atomic E-state index is 13.7. The van der Waals surface area contributed by atoms with E-state index < -0.39 is 22.5 Å². The van der Waals surface area contributed by atoms with Crippen LogP contribution >= 0.6 is 0 Å². The molecular weight excluding hydrogens is 396 g/mol. The van der Waals surface area contributed by atoms with Gasteiger partial charge in [-0.2, -0.15) is 0 Å². The molecule has 31 heavy (non-hydrogen) atoms. The fraction of sp³-hybridized carbons (Fsp3) is 0.375. The fourth-order valence-corrected chi connectivity index (χ4v) is 5.54. The molecule has 0 radical (unpaired) electrons. The predicted molar refractivity (Wildman–Crippen MR) is 113 cm³/mol. The summed E-state index contributed by atoms with van der Waals surface area (Å²) in [6, 6.07) is 9.25. The summed E-state index contributed by atoms with van der Waals surface area (Å²) in [6.45, 7) is 7.48. The summed E-state index contributed by atoms with van der Waals surface area (Å²) in [6.07, 6.45) is 4.00. The van der Waals surface area contributed by atoms with Gasteiger partial charge < -0.3 is 19.3 Å². The van der Waals surface area contributed by atoms with Crippen LogP contribution in [0, 0.1) is 5.41 Å². The van der Waals surface area contributed by atoms with Crippen LogP contribution in [-0.2, 0) is 13.2 Å². The fourth-order valence-electron chi connectivity index (χ4n) is 5.54. The molecule has 1 aromatic heterocycles. The van der Waals surface area contributed by atoms with Crippen LogP contribution < -0.4 is 10.2 Å². The van der Waals surface area contributed by atoms with E-state index in [1.807, 2.05) is 35.2 Å². The molecule has 3 aliphatic rings. The number of aromatic nitrogens is 1. The van der Waals surface area contributed by atoms with E-state index in [1.165, 1.54) is 6.20 Å². The van der Waals surface area contributed by atoms with Crippen molar-refractivity contribution in [1.82, 2.24) is 9.47 Å². The average Bonchev–Trinajstić information content (AvgIpc) is 2.86. The minimum atomic E-state index is -1.34. The largest absolute Gasteiger partial charge is 0.483 e. The number of carboxylic acid groups (broad SMARTS) is 1. The number of carbonyl (C=O) groups excluding carboxylic acids is 1. The Morgan fingerprint density at radius 2 is 1.94 bits per heavy atom. The minimum Gasteiger partial charge on any atom is -0.483 e. The van der Waals surface area contributed by atoms with Crippen molar-refractivity contribution in [2.24, 2.45) is 5.41 Å². The standard InChI is InChI=1S/C24H24N2O5/c1-15-23(2)9-6-10-24(15)14-25-11-17(22(29)30)19(27)20(18(25)21(28)26(24)13-23)31-12-16-7-4-3-5-8-16/h3-5,7-8,11H,1,6,9-10,12-14H2,2H3,(H,29,30). The van der Waals surface area contributed by atoms with Gasteiger partial charge in [-0.3, -0.25) is 9.59 Å². The van der Waals surface area contributed by atoms with Crippen molar-refractivity contribution in [2.75, 3.05) is 6.54 Å². The van der Waals surface area contributed by atoms with Crippen LogP contribution in [0.4, 0.5) is 0 Å². The number of nitrogens with zero attached hydrogens (tertiary/aromatic N) is 2. The Kier molecular flexibility index (Phi) is 4.16. The lowest BCUT2D eigenvalue weighted by atomic mass is 9.67. The highest BCUT2D eigenvalue weighted by molar-refractivity contribution is 5.99. The first-order valence-electron chi connectivity index (χ1n) is 10.5. The summed E-state index contributed by atoms with van der Waals surface area (Å²) in [4.78, 5) is 40.3. The van der Waals surface area contributed by atoms with Crippen molar-refractivity contribution in [1.29, 1.82) is 0 Å². The Labute approximate surface area is 179 Å².